The van der Waals surface area contributed by atoms with Gasteiger partial charge in [0.15, 0.2) is 17.3 Å². The zero-order chi connectivity index (χ0) is 35.2. The van der Waals surface area contributed by atoms with Gasteiger partial charge < -0.3 is 15.0 Å². The average molecular weight is 692 g/mol. The molecule has 4 aromatic rings. The predicted molar refractivity (Wildman–Crippen MR) is 179 cm³/mol. The van der Waals surface area contributed by atoms with E-state index < -0.39 is 35.5 Å². The maximum atomic E-state index is 15.0. The Morgan fingerprint density at radius 3 is 2.51 bits per heavy atom. The predicted octanol–water partition coefficient (Wildman–Crippen LogP) is 6.52. The van der Waals surface area contributed by atoms with E-state index in [1.807, 2.05) is 27.7 Å². The van der Waals surface area contributed by atoms with Crippen molar-refractivity contribution in [3.8, 4) is 22.5 Å². The van der Waals surface area contributed by atoms with E-state index >= 15 is 4.79 Å². The number of ether oxygens (including phenoxy) is 1. The van der Waals surface area contributed by atoms with E-state index in [9.17, 15) is 19.0 Å². The van der Waals surface area contributed by atoms with Crippen molar-refractivity contribution in [2.45, 2.75) is 58.3 Å². The van der Waals surface area contributed by atoms with Crippen molar-refractivity contribution in [2.24, 2.45) is 5.41 Å². The first-order chi connectivity index (χ1) is 23.2. The molecule has 1 unspecified atom stereocenters. The van der Waals surface area contributed by atoms with Crippen LogP contribution in [0.25, 0.3) is 22.5 Å². The molecule has 0 radical (unpaired) electrons. The standard InChI is InChI=1S/C34H36ClF2N9O3/c1-19-12-13-44(19)32(48)49-17-27(22-8-11-26(35)25(14-22)28-39-18-40-43-28)46-29(47)34(42-31(46)38,20(2)33(3,4)5)24-9-6-21(7-10-24)23-15-41-45(16-23)30(36)37/h6-11,14-16,18-19,27,30H,2,12-13,17H2,1,3-5H3,(H2,38,42)(H,39,40,43)/t19?,27-,34-/m1/s1. The SMILES string of the molecule is C=C(C(C)(C)C)[C@]1(c2ccc(-c3cnn(C(F)F)c3)cc2)NC(=N)N([C@H](COC(=O)N2CCC2C)c2ccc(Cl)c(-c3ncn[nH]3)c2)C1=O. The number of likely N-dealkylation sites (tertiary alicyclic amines) is 1. The molecule has 2 saturated heterocycles. The zero-order valence-corrected chi connectivity index (χ0v) is 28.1. The summed E-state index contributed by atoms with van der Waals surface area (Å²) in [5, 5.41) is 23.2. The molecular formula is C34H36ClF2N9O3. The molecule has 12 nitrogen and oxygen atoms in total. The monoisotopic (exact) mass is 691 g/mol. The molecule has 2 aliphatic heterocycles. The average Bonchev–Trinajstić information content (AvgIpc) is 3.82. The molecule has 0 spiro atoms. The first-order valence-electron chi connectivity index (χ1n) is 15.6. The van der Waals surface area contributed by atoms with E-state index in [1.54, 1.807) is 47.4 Å². The van der Waals surface area contributed by atoms with E-state index in [4.69, 9.17) is 16.3 Å². The Kier molecular flexibility index (Phi) is 8.78. The molecule has 6 rings (SSSR count). The Morgan fingerprint density at radius 2 is 1.94 bits per heavy atom. The first kappa shape index (κ1) is 33.8. The summed E-state index contributed by atoms with van der Waals surface area (Å²) in [5.41, 5.74) is 0.864. The molecule has 0 bridgehead atoms. The number of alkyl halides is 2. The number of guanidine groups is 1. The lowest BCUT2D eigenvalue weighted by Crippen LogP contribution is -2.50. The van der Waals surface area contributed by atoms with Crippen molar-refractivity contribution in [1.29, 1.82) is 5.41 Å². The van der Waals surface area contributed by atoms with Gasteiger partial charge in [-0.25, -0.2) is 14.5 Å². The molecular weight excluding hydrogens is 656 g/mol. The normalized spacial score (nSPS) is 20.0. The number of hydrogen-bond acceptors (Lipinski definition) is 7. The highest BCUT2D eigenvalue weighted by Gasteiger charge is 2.57. The number of aromatic amines is 1. The maximum absolute atomic E-state index is 15.0. The van der Waals surface area contributed by atoms with Crippen molar-refractivity contribution < 1.29 is 23.1 Å². The third kappa shape index (κ3) is 6.05. The van der Waals surface area contributed by atoms with Crippen LogP contribution in [0.4, 0.5) is 13.6 Å². The number of carbonyl (C=O) groups excluding carboxylic acids is 2. The van der Waals surface area contributed by atoms with E-state index in [2.05, 4.69) is 32.2 Å². The highest BCUT2D eigenvalue weighted by molar-refractivity contribution is 6.33. The van der Waals surface area contributed by atoms with Gasteiger partial charge in [0.2, 0.25) is 0 Å². The number of amides is 2. The highest BCUT2D eigenvalue weighted by Crippen LogP contribution is 2.46. The zero-order valence-electron chi connectivity index (χ0n) is 27.4. The number of benzene rings is 2. The second-order valence-corrected chi connectivity index (χ2v) is 13.6. The minimum Gasteiger partial charge on any atom is -0.447 e. The van der Waals surface area contributed by atoms with Gasteiger partial charge in [0.25, 0.3) is 5.91 Å². The summed E-state index contributed by atoms with van der Waals surface area (Å²) in [5.74, 6) is -0.343. The second kappa shape index (κ2) is 12.7. The fraction of sp³-hybridized carbons (Fsp3) is 0.353. The summed E-state index contributed by atoms with van der Waals surface area (Å²) in [7, 11) is 0. The van der Waals surface area contributed by atoms with Crippen LogP contribution in [0.15, 0.2) is 73.3 Å². The van der Waals surface area contributed by atoms with Crippen LogP contribution in [-0.2, 0) is 15.1 Å². The Labute approximate surface area is 286 Å². The molecule has 3 atom stereocenters. The number of hydrogen-bond donors (Lipinski definition) is 3. The van der Waals surface area contributed by atoms with Gasteiger partial charge in [-0.1, -0.05) is 69.3 Å². The fourth-order valence-corrected chi connectivity index (χ4v) is 6.33. The third-order valence-electron chi connectivity index (χ3n) is 9.17. The summed E-state index contributed by atoms with van der Waals surface area (Å²) in [6, 6.07) is 11.0. The summed E-state index contributed by atoms with van der Waals surface area (Å²) >= 11 is 6.54. The lowest BCUT2D eigenvalue weighted by molar-refractivity contribution is -0.133. The second-order valence-electron chi connectivity index (χ2n) is 13.2. The van der Waals surface area contributed by atoms with Crippen molar-refractivity contribution in [3.63, 3.8) is 0 Å². The molecule has 0 saturated carbocycles. The molecule has 3 N–H and O–H groups in total. The van der Waals surface area contributed by atoms with Crippen LogP contribution >= 0.6 is 11.6 Å². The minimum atomic E-state index is -2.78. The number of rotatable bonds is 9. The summed E-state index contributed by atoms with van der Waals surface area (Å²) in [4.78, 5) is 35.2. The molecule has 2 aromatic heterocycles. The number of aromatic nitrogens is 5. The summed E-state index contributed by atoms with van der Waals surface area (Å²) in [6.45, 7) is 9.57. The first-order valence-corrected chi connectivity index (χ1v) is 16.0. The van der Waals surface area contributed by atoms with E-state index in [0.29, 0.717) is 55.5 Å². The molecule has 4 heterocycles. The van der Waals surface area contributed by atoms with Crippen molar-refractivity contribution >= 4 is 29.6 Å². The van der Waals surface area contributed by atoms with Gasteiger partial charge in [-0.2, -0.15) is 19.0 Å². The maximum Gasteiger partial charge on any atom is 0.410 e. The molecule has 2 amide bonds. The largest absolute Gasteiger partial charge is 0.447 e. The van der Waals surface area contributed by atoms with Crippen molar-refractivity contribution in [3.05, 3.63) is 89.5 Å². The van der Waals surface area contributed by atoms with Gasteiger partial charge in [-0.05, 0) is 53.2 Å². The van der Waals surface area contributed by atoms with E-state index in [-0.39, 0.29) is 18.6 Å². The van der Waals surface area contributed by atoms with Crippen LogP contribution in [0.5, 0.6) is 0 Å². The van der Waals surface area contributed by atoms with E-state index in [0.717, 1.165) is 6.42 Å². The van der Waals surface area contributed by atoms with Gasteiger partial charge in [-0.3, -0.25) is 20.2 Å². The fourth-order valence-electron chi connectivity index (χ4n) is 6.12. The topological polar surface area (TPSA) is 145 Å². The lowest BCUT2D eigenvalue weighted by atomic mass is 9.71. The number of nitrogens with zero attached hydrogens (tertiary/aromatic N) is 6. The Bertz CT molecular complexity index is 1910. The van der Waals surface area contributed by atoms with Crippen LogP contribution in [0.1, 0.15) is 57.8 Å². The van der Waals surface area contributed by atoms with E-state index in [1.165, 1.54) is 23.6 Å². The third-order valence-corrected chi connectivity index (χ3v) is 9.50. The molecule has 2 aliphatic rings. The number of H-pyrrole nitrogens is 1. The van der Waals surface area contributed by atoms with Gasteiger partial charge in [0.05, 0.1) is 17.3 Å². The molecule has 0 aliphatic carbocycles. The molecule has 49 heavy (non-hydrogen) atoms. The Balaban J connectivity index is 1.42. The van der Waals surface area contributed by atoms with Crippen LogP contribution in [0, 0.1) is 10.8 Å². The Morgan fingerprint density at radius 1 is 1.20 bits per heavy atom. The summed E-state index contributed by atoms with van der Waals surface area (Å²) in [6.07, 6.45) is 4.27. The molecule has 256 valence electrons. The lowest BCUT2D eigenvalue weighted by Gasteiger charge is -2.38. The molecule has 15 heteroatoms. The Hall–Kier alpha value is -5.11. The van der Waals surface area contributed by atoms with Crippen molar-refractivity contribution in [1.82, 2.24) is 40.1 Å². The molecule has 2 fully saturated rings. The van der Waals surface area contributed by atoms with Crippen LogP contribution in [0.2, 0.25) is 5.02 Å². The van der Waals surface area contributed by atoms with Gasteiger partial charge in [0.1, 0.15) is 12.9 Å². The number of halogens is 3. The molecule has 2 aromatic carbocycles. The van der Waals surface area contributed by atoms with Gasteiger partial charge >= 0.3 is 12.6 Å². The van der Waals surface area contributed by atoms with Crippen LogP contribution < -0.4 is 5.32 Å². The van der Waals surface area contributed by atoms with Gasteiger partial charge in [-0.15, -0.1) is 0 Å². The van der Waals surface area contributed by atoms with Crippen LogP contribution in [0.3, 0.4) is 0 Å². The smallest absolute Gasteiger partial charge is 0.410 e. The quantitative estimate of drug-likeness (QED) is 0.170. The number of nitrogens with one attached hydrogen (secondary N) is 3. The van der Waals surface area contributed by atoms with Gasteiger partial charge in [0, 0.05) is 29.9 Å². The van der Waals surface area contributed by atoms with Crippen LogP contribution in [-0.4, -0.2) is 71.9 Å². The van der Waals surface area contributed by atoms with Crippen molar-refractivity contribution in [2.75, 3.05) is 13.2 Å². The highest BCUT2D eigenvalue weighted by atomic mass is 35.5. The number of carbonyl (C=O) groups is 2. The summed E-state index contributed by atoms with van der Waals surface area (Å²) < 4.78 is 32.7. The minimum absolute atomic E-state index is 0.0309.